The van der Waals surface area contributed by atoms with Gasteiger partial charge in [-0.3, -0.25) is 4.79 Å². The Hall–Kier alpha value is -1.84. The van der Waals surface area contributed by atoms with Crippen LogP contribution in [-0.4, -0.2) is 31.3 Å². The fourth-order valence-corrected chi connectivity index (χ4v) is 3.12. The van der Waals surface area contributed by atoms with E-state index in [2.05, 4.69) is 20.0 Å². The van der Waals surface area contributed by atoms with E-state index in [-0.39, 0.29) is 22.4 Å². The summed E-state index contributed by atoms with van der Waals surface area (Å²) in [6, 6.07) is 2.69. The van der Waals surface area contributed by atoms with E-state index in [4.69, 9.17) is 0 Å². The molecule has 0 saturated heterocycles. The Morgan fingerprint density at radius 1 is 1.27 bits per heavy atom. The number of aromatic nitrogens is 2. The molecule has 0 unspecified atom stereocenters. The number of pyridine rings is 1. The zero-order valence-electron chi connectivity index (χ0n) is 12.3. The van der Waals surface area contributed by atoms with E-state index in [9.17, 15) is 13.2 Å². The van der Waals surface area contributed by atoms with Crippen molar-refractivity contribution in [3.63, 3.8) is 0 Å². The first kappa shape index (κ1) is 16.5. The molecule has 0 aliphatic rings. The number of carbonyl (C=O) groups is 1. The Labute approximate surface area is 132 Å². The third-order valence-corrected chi connectivity index (χ3v) is 5.35. The van der Waals surface area contributed by atoms with Crippen molar-refractivity contribution in [1.29, 1.82) is 0 Å². The number of amides is 1. The van der Waals surface area contributed by atoms with Crippen LogP contribution in [0.1, 0.15) is 35.0 Å². The molecule has 0 fully saturated rings. The molecule has 2 aromatic heterocycles. The van der Waals surface area contributed by atoms with E-state index in [1.165, 1.54) is 36.7 Å². The summed E-state index contributed by atoms with van der Waals surface area (Å²) in [5.41, 5.74) is 1.93. The molecule has 2 aromatic rings. The van der Waals surface area contributed by atoms with E-state index in [1.54, 1.807) is 5.51 Å². The summed E-state index contributed by atoms with van der Waals surface area (Å²) >= 11 is 1.47. The highest BCUT2D eigenvalue weighted by Gasteiger charge is 2.16. The topological polar surface area (TPSA) is 101 Å². The molecule has 7 nitrogen and oxygen atoms in total. The van der Waals surface area contributed by atoms with E-state index >= 15 is 0 Å². The van der Waals surface area contributed by atoms with Crippen molar-refractivity contribution in [3.05, 3.63) is 34.3 Å². The zero-order valence-corrected chi connectivity index (χ0v) is 14.0. The highest BCUT2D eigenvalue weighted by molar-refractivity contribution is 7.89. The van der Waals surface area contributed by atoms with Gasteiger partial charge in [-0.25, -0.2) is 23.1 Å². The molecule has 0 spiro atoms. The molecular formula is C13H16N4O3S2. The fourth-order valence-electron chi connectivity index (χ4n) is 1.72. The van der Waals surface area contributed by atoms with Gasteiger partial charge in [0.25, 0.3) is 15.9 Å². The summed E-state index contributed by atoms with van der Waals surface area (Å²) in [5, 5.41) is 2.58. The lowest BCUT2D eigenvalue weighted by Crippen LogP contribution is -2.20. The fraction of sp³-hybridized carbons (Fsp3) is 0.308. The Morgan fingerprint density at radius 3 is 2.55 bits per heavy atom. The molecule has 22 heavy (non-hydrogen) atoms. The maximum Gasteiger partial charge on any atom is 0.258 e. The second kappa shape index (κ2) is 6.51. The van der Waals surface area contributed by atoms with Crippen LogP contribution in [0.4, 0.5) is 5.82 Å². The number of hydrogen-bond acceptors (Lipinski definition) is 6. The number of sulfonamides is 1. The predicted molar refractivity (Wildman–Crippen MR) is 84.6 cm³/mol. The maximum atomic E-state index is 12.2. The first-order valence-electron chi connectivity index (χ1n) is 6.49. The Bertz CT molecular complexity index is 767. The minimum Gasteiger partial charge on any atom is -0.306 e. The van der Waals surface area contributed by atoms with Crippen LogP contribution in [0, 0.1) is 0 Å². The van der Waals surface area contributed by atoms with Crippen molar-refractivity contribution in [2.24, 2.45) is 0 Å². The molecule has 0 radical (unpaired) electrons. The molecule has 118 valence electrons. The quantitative estimate of drug-likeness (QED) is 0.864. The largest absolute Gasteiger partial charge is 0.306 e. The third-order valence-electron chi connectivity index (χ3n) is 2.89. The van der Waals surface area contributed by atoms with Crippen LogP contribution in [-0.2, 0) is 10.0 Å². The SMILES string of the molecule is CNS(=O)(=O)c1ccc(C(=O)Nc2ncsc2C(C)C)cn1. The lowest BCUT2D eigenvalue weighted by Gasteiger charge is -2.07. The molecule has 0 saturated carbocycles. The molecule has 2 rings (SSSR count). The average molecular weight is 340 g/mol. The number of thiazole rings is 1. The number of anilines is 1. The summed E-state index contributed by atoms with van der Waals surface area (Å²) in [6.07, 6.45) is 1.22. The van der Waals surface area contributed by atoms with Gasteiger partial charge in [0.15, 0.2) is 5.03 Å². The van der Waals surface area contributed by atoms with E-state index in [0.29, 0.717) is 5.82 Å². The predicted octanol–water partition coefficient (Wildman–Crippen LogP) is 1.82. The van der Waals surface area contributed by atoms with Crippen LogP contribution in [0.5, 0.6) is 0 Å². The maximum absolute atomic E-state index is 12.2. The number of hydrogen-bond donors (Lipinski definition) is 2. The van der Waals surface area contributed by atoms with Gasteiger partial charge in [0.05, 0.1) is 16.0 Å². The molecular weight excluding hydrogens is 324 g/mol. The molecule has 2 N–H and O–H groups in total. The highest BCUT2D eigenvalue weighted by Crippen LogP contribution is 2.27. The standard InChI is InChI=1S/C13H16N4O3S2/c1-8(2)11-12(16-7-21-11)17-13(18)9-4-5-10(15-6-9)22(19,20)14-3/h4-8,14H,1-3H3,(H,17,18). The van der Waals surface area contributed by atoms with Gasteiger partial charge in [0.1, 0.15) is 5.82 Å². The van der Waals surface area contributed by atoms with Crippen LogP contribution >= 0.6 is 11.3 Å². The Balaban J connectivity index is 2.19. The second-order valence-electron chi connectivity index (χ2n) is 4.77. The van der Waals surface area contributed by atoms with Crippen molar-refractivity contribution in [3.8, 4) is 0 Å². The lowest BCUT2D eigenvalue weighted by atomic mass is 10.2. The van der Waals surface area contributed by atoms with E-state index in [0.717, 1.165) is 4.88 Å². The smallest absolute Gasteiger partial charge is 0.258 e. The Morgan fingerprint density at radius 2 is 2.00 bits per heavy atom. The van der Waals surface area contributed by atoms with Crippen molar-refractivity contribution >= 4 is 33.1 Å². The first-order chi connectivity index (χ1) is 10.3. The first-order valence-corrected chi connectivity index (χ1v) is 8.85. The van der Waals surface area contributed by atoms with Crippen LogP contribution in [0.3, 0.4) is 0 Å². The molecule has 0 aromatic carbocycles. The van der Waals surface area contributed by atoms with Crippen LogP contribution in [0.15, 0.2) is 28.9 Å². The number of nitrogens with zero attached hydrogens (tertiary/aromatic N) is 2. The number of carbonyl (C=O) groups excluding carboxylic acids is 1. The average Bonchev–Trinajstić information content (AvgIpc) is 2.95. The van der Waals surface area contributed by atoms with Gasteiger partial charge in [-0.05, 0) is 25.1 Å². The summed E-state index contributed by atoms with van der Waals surface area (Å²) in [5.74, 6) is 0.398. The monoisotopic (exact) mass is 340 g/mol. The molecule has 0 bridgehead atoms. The van der Waals surface area contributed by atoms with Gasteiger partial charge < -0.3 is 5.32 Å². The van der Waals surface area contributed by atoms with Crippen molar-refractivity contribution in [2.75, 3.05) is 12.4 Å². The Kier molecular flexibility index (Phi) is 4.89. The number of nitrogens with one attached hydrogen (secondary N) is 2. The van der Waals surface area contributed by atoms with Gasteiger partial charge >= 0.3 is 0 Å². The van der Waals surface area contributed by atoms with Crippen LogP contribution < -0.4 is 10.0 Å². The zero-order chi connectivity index (χ0) is 16.3. The van der Waals surface area contributed by atoms with E-state index < -0.39 is 10.0 Å². The normalized spacial score (nSPS) is 11.6. The van der Waals surface area contributed by atoms with Crippen LogP contribution in [0.2, 0.25) is 0 Å². The second-order valence-corrected chi connectivity index (χ2v) is 7.49. The molecule has 2 heterocycles. The molecule has 1 amide bonds. The summed E-state index contributed by atoms with van der Waals surface area (Å²) in [6.45, 7) is 4.03. The van der Waals surface area contributed by atoms with Gasteiger partial charge in [-0.1, -0.05) is 13.8 Å². The van der Waals surface area contributed by atoms with Gasteiger partial charge in [0, 0.05) is 6.20 Å². The molecule has 0 aliphatic heterocycles. The van der Waals surface area contributed by atoms with Crippen molar-refractivity contribution < 1.29 is 13.2 Å². The van der Waals surface area contributed by atoms with E-state index in [1.807, 2.05) is 13.8 Å². The third kappa shape index (κ3) is 3.49. The van der Waals surface area contributed by atoms with Gasteiger partial charge in [-0.15, -0.1) is 11.3 Å². The van der Waals surface area contributed by atoms with Crippen molar-refractivity contribution in [1.82, 2.24) is 14.7 Å². The summed E-state index contributed by atoms with van der Waals surface area (Å²) in [4.78, 5) is 21.1. The number of rotatable bonds is 5. The van der Waals surface area contributed by atoms with Crippen LogP contribution in [0.25, 0.3) is 0 Å². The molecule has 0 atom stereocenters. The minimum absolute atomic E-state index is 0.136. The van der Waals surface area contributed by atoms with Gasteiger partial charge in [-0.2, -0.15) is 0 Å². The van der Waals surface area contributed by atoms with Gasteiger partial charge in [0.2, 0.25) is 0 Å². The molecule has 0 aliphatic carbocycles. The van der Waals surface area contributed by atoms with Crippen molar-refractivity contribution in [2.45, 2.75) is 24.8 Å². The molecule has 9 heteroatoms. The summed E-state index contributed by atoms with van der Waals surface area (Å²) < 4.78 is 25.3. The summed E-state index contributed by atoms with van der Waals surface area (Å²) in [7, 11) is -2.31. The lowest BCUT2D eigenvalue weighted by molar-refractivity contribution is 0.102. The minimum atomic E-state index is -3.61. The highest BCUT2D eigenvalue weighted by atomic mass is 32.2.